The molecule has 2 aromatic rings. The minimum atomic E-state index is -1.37. The molecule has 1 unspecified atom stereocenters. The quantitative estimate of drug-likeness (QED) is 0.621. The zero-order valence-electron chi connectivity index (χ0n) is 18.6. The number of likely N-dealkylation sites (tertiary alicyclic amines) is 1. The van der Waals surface area contributed by atoms with Crippen LogP contribution in [0.2, 0.25) is 0 Å². The minimum Gasteiger partial charge on any atom is -0.465 e. The fourth-order valence-corrected chi connectivity index (χ4v) is 5.08. The molecule has 182 valence electrons. The Morgan fingerprint density at radius 1 is 1.18 bits per heavy atom. The predicted octanol–water partition coefficient (Wildman–Crippen LogP) is 0.613. The molecule has 0 aliphatic carbocycles. The minimum absolute atomic E-state index is 0.172. The third kappa shape index (κ3) is 3.71. The van der Waals surface area contributed by atoms with Crippen LogP contribution in [0, 0.1) is 0 Å². The van der Waals surface area contributed by atoms with Gasteiger partial charge in [-0.15, -0.1) is 0 Å². The maximum absolute atomic E-state index is 14.4. The van der Waals surface area contributed by atoms with Crippen molar-refractivity contribution in [3.8, 4) is 0 Å². The summed E-state index contributed by atoms with van der Waals surface area (Å²) in [6.07, 6.45) is -2.60. The van der Waals surface area contributed by atoms with Gasteiger partial charge in [0.05, 0.1) is 35.5 Å². The zero-order valence-corrected chi connectivity index (χ0v) is 18.6. The molecule has 0 radical (unpaired) electrons. The number of imidazole rings is 1. The number of carbonyl (C=O) groups is 3. The van der Waals surface area contributed by atoms with Gasteiger partial charge in [0, 0.05) is 33.1 Å². The van der Waals surface area contributed by atoms with Crippen LogP contribution < -0.4 is 15.9 Å². The van der Waals surface area contributed by atoms with E-state index < -0.39 is 30.3 Å². The molecule has 3 amide bonds. The highest BCUT2D eigenvalue weighted by atomic mass is 19.1. The van der Waals surface area contributed by atoms with Crippen LogP contribution in [0.1, 0.15) is 25.3 Å². The molecule has 0 spiro atoms. The third-order valence-corrected chi connectivity index (χ3v) is 6.91. The number of ether oxygens (including phenoxy) is 1. The topological polar surface area (TPSA) is 126 Å². The SMILES string of the molecule is Cn1c(=O)n(C2CCC(=O)NC2=O)c2cccc(N3CC(O[C@H]4CCN(C(=O)O)C[C@@H]4F)C3)c21. The van der Waals surface area contributed by atoms with Crippen molar-refractivity contribution in [1.29, 1.82) is 0 Å². The van der Waals surface area contributed by atoms with E-state index in [4.69, 9.17) is 9.84 Å². The number of aromatic nitrogens is 2. The number of rotatable bonds is 4. The maximum Gasteiger partial charge on any atom is 0.407 e. The normalized spacial score (nSPS) is 26.0. The number of amides is 3. The standard InChI is InChI=1S/C22H26FN5O6/c1-25-19-14(27-9-12(10-27)34-17-7-8-26(22(32)33)11-13(17)23)3-2-4-15(19)28(21(25)31)16-5-6-18(29)24-20(16)30/h2-4,12-13,16-17H,5-11H2,1H3,(H,32,33)(H,24,29,30)/t13-,16?,17-/m0/s1. The molecule has 1 aromatic heterocycles. The number of benzene rings is 1. The molecule has 11 nitrogen and oxygen atoms in total. The van der Waals surface area contributed by atoms with Gasteiger partial charge in [-0.1, -0.05) is 6.07 Å². The molecule has 12 heteroatoms. The summed E-state index contributed by atoms with van der Waals surface area (Å²) < 4.78 is 23.3. The first-order chi connectivity index (χ1) is 16.2. The van der Waals surface area contributed by atoms with Crippen molar-refractivity contribution in [3.05, 3.63) is 28.7 Å². The summed E-state index contributed by atoms with van der Waals surface area (Å²) >= 11 is 0. The molecule has 0 bridgehead atoms. The van der Waals surface area contributed by atoms with E-state index >= 15 is 0 Å². The van der Waals surface area contributed by atoms with Gasteiger partial charge in [0.25, 0.3) is 0 Å². The molecule has 3 fully saturated rings. The van der Waals surface area contributed by atoms with E-state index in [9.17, 15) is 23.6 Å². The molecule has 5 rings (SSSR count). The predicted molar refractivity (Wildman–Crippen MR) is 119 cm³/mol. The molecule has 34 heavy (non-hydrogen) atoms. The van der Waals surface area contributed by atoms with Crippen molar-refractivity contribution in [2.24, 2.45) is 7.05 Å². The summed E-state index contributed by atoms with van der Waals surface area (Å²) in [6, 6.07) is 4.72. The highest BCUT2D eigenvalue weighted by molar-refractivity contribution is 6.00. The van der Waals surface area contributed by atoms with E-state index in [-0.39, 0.29) is 43.6 Å². The summed E-state index contributed by atoms with van der Waals surface area (Å²) in [6.45, 7) is 1.06. The van der Waals surface area contributed by atoms with Crippen molar-refractivity contribution >= 4 is 34.6 Å². The van der Waals surface area contributed by atoms with E-state index in [1.807, 2.05) is 17.0 Å². The second-order valence-electron chi connectivity index (χ2n) is 9.06. The number of anilines is 1. The Hall–Kier alpha value is -3.41. The maximum atomic E-state index is 14.4. The largest absolute Gasteiger partial charge is 0.465 e. The fraction of sp³-hybridized carbons (Fsp3) is 0.545. The average molecular weight is 475 g/mol. The van der Waals surface area contributed by atoms with Crippen LogP contribution in [-0.2, 0) is 21.4 Å². The third-order valence-electron chi connectivity index (χ3n) is 6.91. The highest BCUT2D eigenvalue weighted by Crippen LogP contribution is 2.33. The van der Waals surface area contributed by atoms with E-state index in [0.717, 1.165) is 10.6 Å². The summed E-state index contributed by atoms with van der Waals surface area (Å²) in [4.78, 5) is 51.1. The number of hydrogen-bond acceptors (Lipinski definition) is 6. The smallest absolute Gasteiger partial charge is 0.407 e. The molecule has 4 heterocycles. The Morgan fingerprint density at radius 3 is 2.62 bits per heavy atom. The van der Waals surface area contributed by atoms with E-state index in [0.29, 0.717) is 30.5 Å². The van der Waals surface area contributed by atoms with Crippen LogP contribution in [0.3, 0.4) is 0 Å². The molecule has 3 saturated heterocycles. The Labute approximate surface area is 193 Å². The van der Waals surface area contributed by atoms with Crippen LogP contribution in [0.25, 0.3) is 11.0 Å². The number of fused-ring (bicyclic) bond motifs is 1. The van der Waals surface area contributed by atoms with Gasteiger partial charge in [-0.05, 0) is 25.0 Å². The number of halogens is 1. The number of nitrogens with one attached hydrogen (secondary N) is 1. The Balaban J connectivity index is 1.32. The summed E-state index contributed by atoms with van der Waals surface area (Å²) in [5.74, 6) is -0.825. The zero-order chi connectivity index (χ0) is 24.1. The van der Waals surface area contributed by atoms with E-state index in [2.05, 4.69) is 5.32 Å². The molecular weight excluding hydrogens is 449 g/mol. The van der Waals surface area contributed by atoms with Gasteiger partial charge in [0.2, 0.25) is 11.8 Å². The number of hydrogen-bond donors (Lipinski definition) is 2. The number of carbonyl (C=O) groups excluding carboxylic acids is 2. The average Bonchev–Trinajstić information content (AvgIpc) is 3.02. The molecule has 1 aromatic carbocycles. The Morgan fingerprint density at radius 2 is 1.94 bits per heavy atom. The molecule has 3 atom stereocenters. The second kappa shape index (κ2) is 8.42. The number of nitrogens with zero attached hydrogens (tertiary/aromatic N) is 4. The lowest BCUT2D eigenvalue weighted by Gasteiger charge is -2.44. The van der Waals surface area contributed by atoms with E-state index in [1.165, 1.54) is 9.13 Å². The molecule has 3 aliphatic heterocycles. The number of alkyl halides is 1. The van der Waals surface area contributed by atoms with Gasteiger partial charge in [-0.3, -0.25) is 24.0 Å². The fourth-order valence-electron chi connectivity index (χ4n) is 5.08. The van der Waals surface area contributed by atoms with Crippen molar-refractivity contribution in [2.75, 3.05) is 31.1 Å². The van der Waals surface area contributed by atoms with Crippen molar-refractivity contribution in [2.45, 2.75) is 43.7 Å². The number of para-hydroxylation sites is 1. The lowest BCUT2D eigenvalue weighted by Crippen LogP contribution is -2.56. The molecule has 0 saturated carbocycles. The monoisotopic (exact) mass is 475 g/mol. The molecule has 3 aliphatic rings. The van der Waals surface area contributed by atoms with Gasteiger partial charge in [-0.25, -0.2) is 14.0 Å². The summed E-state index contributed by atoms with van der Waals surface area (Å²) in [5.41, 5.74) is 1.75. The number of carboxylic acid groups (broad SMARTS) is 1. The van der Waals surface area contributed by atoms with Gasteiger partial charge in [-0.2, -0.15) is 0 Å². The first-order valence-corrected chi connectivity index (χ1v) is 11.3. The van der Waals surface area contributed by atoms with Gasteiger partial charge in [0.15, 0.2) is 0 Å². The lowest BCUT2D eigenvalue weighted by atomic mass is 10.0. The van der Waals surface area contributed by atoms with Crippen LogP contribution in [-0.4, -0.2) is 81.6 Å². The van der Waals surface area contributed by atoms with Gasteiger partial charge in [0.1, 0.15) is 12.2 Å². The number of aryl methyl sites for hydroxylation is 1. The first-order valence-electron chi connectivity index (χ1n) is 11.3. The summed E-state index contributed by atoms with van der Waals surface area (Å²) in [5, 5.41) is 11.3. The van der Waals surface area contributed by atoms with Gasteiger partial charge < -0.3 is 19.6 Å². The summed E-state index contributed by atoms with van der Waals surface area (Å²) in [7, 11) is 1.65. The van der Waals surface area contributed by atoms with E-state index in [1.54, 1.807) is 13.1 Å². The second-order valence-corrected chi connectivity index (χ2v) is 9.06. The van der Waals surface area contributed by atoms with Crippen LogP contribution in [0.4, 0.5) is 14.9 Å². The van der Waals surface area contributed by atoms with Crippen LogP contribution in [0.15, 0.2) is 23.0 Å². The first kappa shape index (κ1) is 22.4. The Bertz CT molecular complexity index is 1220. The Kier molecular flexibility index (Phi) is 5.54. The van der Waals surface area contributed by atoms with Gasteiger partial charge >= 0.3 is 11.8 Å². The molecule has 2 N–H and O–H groups in total. The molecular formula is C22H26FN5O6. The number of imide groups is 1. The highest BCUT2D eigenvalue weighted by Gasteiger charge is 2.38. The van der Waals surface area contributed by atoms with Crippen LogP contribution >= 0.6 is 0 Å². The lowest BCUT2D eigenvalue weighted by molar-refractivity contribution is -0.135. The van der Waals surface area contributed by atoms with Crippen LogP contribution in [0.5, 0.6) is 0 Å². The number of piperidine rings is 2. The van der Waals surface area contributed by atoms with Crippen molar-refractivity contribution in [1.82, 2.24) is 19.4 Å². The van der Waals surface area contributed by atoms with Crippen molar-refractivity contribution in [3.63, 3.8) is 0 Å². The van der Waals surface area contributed by atoms with Crippen molar-refractivity contribution < 1.29 is 28.6 Å².